The van der Waals surface area contributed by atoms with E-state index in [2.05, 4.69) is 21.0 Å². The number of benzene rings is 1. The summed E-state index contributed by atoms with van der Waals surface area (Å²) in [4.78, 5) is 0. The van der Waals surface area contributed by atoms with Crippen LogP contribution in [0.25, 0.3) is 0 Å². The Labute approximate surface area is 121 Å². The van der Waals surface area contributed by atoms with E-state index in [9.17, 15) is 5.11 Å². The van der Waals surface area contributed by atoms with Crippen molar-refractivity contribution in [2.75, 3.05) is 6.61 Å². The fourth-order valence-corrected chi connectivity index (χ4v) is 2.26. The minimum absolute atomic E-state index is 0.237. The number of hydrogen-bond acceptors (Lipinski definition) is 3. The Hall–Kier alpha value is -1.33. The van der Waals surface area contributed by atoms with Gasteiger partial charge >= 0.3 is 0 Å². The first-order chi connectivity index (χ1) is 9.06. The van der Waals surface area contributed by atoms with Gasteiger partial charge in [0.05, 0.1) is 16.7 Å². The Balaban J connectivity index is 1.90. The van der Waals surface area contributed by atoms with Crippen molar-refractivity contribution in [2.24, 2.45) is 0 Å². The standard InChI is InChI=1S/C14H17BrN2O2/c1-10-7-11(2)17(16-10)8-12(18)9-19-14-6-4-3-5-13(14)15/h3-7,12,18H,8-9H2,1-2H3/t12-/m0/s1. The third kappa shape index (κ3) is 3.81. The van der Waals surface area contributed by atoms with E-state index in [1.165, 1.54) is 0 Å². The summed E-state index contributed by atoms with van der Waals surface area (Å²) >= 11 is 3.40. The van der Waals surface area contributed by atoms with Crippen LogP contribution in [0.3, 0.4) is 0 Å². The number of ether oxygens (including phenoxy) is 1. The molecule has 102 valence electrons. The molecule has 1 heterocycles. The van der Waals surface area contributed by atoms with Gasteiger partial charge in [0.1, 0.15) is 18.5 Å². The quantitative estimate of drug-likeness (QED) is 0.919. The van der Waals surface area contributed by atoms with Crippen LogP contribution in [0.15, 0.2) is 34.8 Å². The van der Waals surface area contributed by atoms with Crippen LogP contribution >= 0.6 is 15.9 Å². The van der Waals surface area contributed by atoms with Crippen molar-refractivity contribution in [3.05, 3.63) is 46.2 Å². The third-order valence-electron chi connectivity index (χ3n) is 2.75. The molecule has 2 aromatic rings. The minimum atomic E-state index is -0.592. The SMILES string of the molecule is Cc1cc(C)n(C[C@H](O)COc2ccccc2Br)n1. The first-order valence-electron chi connectivity index (χ1n) is 6.12. The second-order valence-corrected chi connectivity index (χ2v) is 5.36. The maximum atomic E-state index is 9.99. The second-order valence-electron chi connectivity index (χ2n) is 4.50. The topological polar surface area (TPSA) is 47.3 Å². The zero-order valence-electron chi connectivity index (χ0n) is 11.0. The fourth-order valence-electron chi connectivity index (χ4n) is 1.86. The van der Waals surface area contributed by atoms with Crippen molar-refractivity contribution in [1.29, 1.82) is 0 Å². The molecule has 0 saturated heterocycles. The van der Waals surface area contributed by atoms with Gasteiger partial charge in [0, 0.05) is 5.69 Å². The zero-order chi connectivity index (χ0) is 13.8. The molecule has 1 aromatic carbocycles. The van der Waals surface area contributed by atoms with E-state index in [1.807, 2.05) is 44.2 Å². The summed E-state index contributed by atoms with van der Waals surface area (Å²) in [6.07, 6.45) is -0.592. The number of nitrogens with zero attached hydrogens (tertiary/aromatic N) is 2. The molecule has 2 rings (SSSR count). The molecule has 1 aromatic heterocycles. The van der Waals surface area contributed by atoms with Gasteiger partial charge in [-0.3, -0.25) is 4.68 Å². The number of aromatic nitrogens is 2. The molecule has 0 aliphatic rings. The van der Waals surface area contributed by atoms with Crippen molar-refractivity contribution in [3.63, 3.8) is 0 Å². The Morgan fingerprint density at radius 2 is 2.11 bits per heavy atom. The molecule has 1 atom stereocenters. The van der Waals surface area contributed by atoms with E-state index < -0.39 is 6.10 Å². The first-order valence-corrected chi connectivity index (χ1v) is 6.92. The molecule has 5 heteroatoms. The third-order valence-corrected chi connectivity index (χ3v) is 3.41. The molecule has 4 nitrogen and oxygen atoms in total. The number of rotatable bonds is 5. The lowest BCUT2D eigenvalue weighted by Gasteiger charge is -2.14. The summed E-state index contributed by atoms with van der Waals surface area (Å²) in [7, 11) is 0. The van der Waals surface area contributed by atoms with Crippen molar-refractivity contribution < 1.29 is 9.84 Å². The lowest BCUT2D eigenvalue weighted by Crippen LogP contribution is -2.24. The van der Waals surface area contributed by atoms with Gasteiger partial charge in [0.2, 0.25) is 0 Å². The van der Waals surface area contributed by atoms with Crippen LogP contribution in [-0.2, 0) is 6.54 Å². The largest absolute Gasteiger partial charge is 0.490 e. The lowest BCUT2D eigenvalue weighted by molar-refractivity contribution is 0.0883. The highest BCUT2D eigenvalue weighted by molar-refractivity contribution is 9.10. The average molecular weight is 325 g/mol. The van der Waals surface area contributed by atoms with Crippen LogP contribution in [0.1, 0.15) is 11.4 Å². The highest BCUT2D eigenvalue weighted by atomic mass is 79.9. The predicted octanol–water partition coefficient (Wildman–Crippen LogP) is 2.70. The molecule has 0 spiro atoms. The van der Waals surface area contributed by atoms with Gasteiger partial charge in [-0.15, -0.1) is 0 Å². The highest BCUT2D eigenvalue weighted by Crippen LogP contribution is 2.23. The summed E-state index contributed by atoms with van der Waals surface area (Å²) in [6.45, 7) is 4.58. The van der Waals surface area contributed by atoms with Crippen LogP contribution in [-0.4, -0.2) is 27.6 Å². The molecule has 0 amide bonds. The van der Waals surface area contributed by atoms with Crippen molar-refractivity contribution >= 4 is 15.9 Å². The number of aryl methyl sites for hydroxylation is 2. The lowest BCUT2D eigenvalue weighted by atomic mass is 10.3. The Morgan fingerprint density at radius 3 is 2.74 bits per heavy atom. The second kappa shape index (κ2) is 6.21. The molecule has 0 aliphatic heterocycles. The fraction of sp³-hybridized carbons (Fsp3) is 0.357. The zero-order valence-corrected chi connectivity index (χ0v) is 12.6. The molecule has 0 saturated carbocycles. The summed E-state index contributed by atoms with van der Waals surface area (Å²) in [5.41, 5.74) is 1.99. The van der Waals surface area contributed by atoms with E-state index in [-0.39, 0.29) is 6.61 Å². The van der Waals surface area contributed by atoms with E-state index in [0.717, 1.165) is 21.6 Å². The maximum Gasteiger partial charge on any atom is 0.133 e. The van der Waals surface area contributed by atoms with Gasteiger partial charge in [-0.2, -0.15) is 5.10 Å². The Bertz CT molecular complexity index is 554. The van der Waals surface area contributed by atoms with Gasteiger partial charge in [-0.25, -0.2) is 0 Å². The van der Waals surface area contributed by atoms with Gasteiger partial charge in [0.25, 0.3) is 0 Å². The Kier molecular flexibility index (Phi) is 4.61. The van der Waals surface area contributed by atoms with E-state index in [0.29, 0.717) is 6.54 Å². The number of aliphatic hydroxyl groups is 1. The molecule has 1 N–H and O–H groups in total. The molecule has 19 heavy (non-hydrogen) atoms. The predicted molar refractivity (Wildman–Crippen MR) is 77.3 cm³/mol. The smallest absolute Gasteiger partial charge is 0.133 e. The first kappa shape index (κ1) is 14.1. The van der Waals surface area contributed by atoms with Crippen LogP contribution in [0.4, 0.5) is 0 Å². The molecule has 0 unspecified atom stereocenters. The maximum absolute atomic E-state index is 9.99. The van der Waals surface area contributed by atoms with E-state index >= 15 is 0 Å². The molecule has 0 aliphatic carbocycles. The molecular formula is C14H17BrN2O2. The summed E-state index contributed by atoms with van der Waals surface area (Å²) < 4.78 is 8.26. The van der Waals surface area contributed by atoms with Gasteiger partial charge < -0.3 is 9.84 Å². The molecule has 0 fully saturated rings. The molecular weight excluding hydrogens is 308 g/mol. The number of hydrogen-bond donors (Lipinski definition) is 1. The minimum Gasteiger partial charge on any atom is -0.490 e. The number of para-hydroxylation sites is 1. The van der Waals surface area contributed by atoms with Gasteiger partial charge in [0.15, 0.2) is 0 Å². The van der Waals surface area contributed by atoms with Crippen molar-refractivity contribution in [2.45, 2.75) is 26.5 Å². The normalized spacial score (nSPS) is 12.4. The van der Waals surface area contributed by atoms with E-state index in [4.69, 9.17) is 4.74 Å². The monoisotopic (exact) mass is 324 g/mol. The molecule has 0 bridgehead atoms. The van der Waals surface area contributed by atoms with Crippen LogP contribution < -0.4 is 4.74 Å². The summed E-state index contributed by atoms with van der Waals surface area (Å²) in [5, 5.41) is 14.3. The summed E-state index contributed by atoms with van der Waals surface area (Å²) in [6, 6.07) is 9.57. The van der Waals surface area contributed by atoms with Gasteiger partial charge in [-0.05, 0) is 48.0 Å². The van der Waals surface area contributed by atoms with E-state index in [1.54, 1.807) is 4.68 Å². The van der Waals surface area contributed by atoms with Crippen molar-refractivity contribution in [1.82, 2.24) is 9.78 Å². The Morgan fingerprint density at radius 1 is 1.37 bits per heavy atom. The number of halogens is 1. The average Bonchev–Trinajstić information content (AvgIpc) is 2.67. The molecule has 0 radical (unpaired) electrons. The van der Waals surface area contributed by atoms with Gasteiger partial charge in [-0.1, -0.05) is 12.1 Å². The van der Waals surface area contributed by atoms with Crippen LogP contribution in [0, 0.1) is 13.8 Å². The van der Waals surface area contributed by atoms with Crippen molar-refractivity contribution in [3.8, 4) is 5.75 Å². The highest BCUT2D eigenvalue weighted by Gasteiger charge is 2.10. The van der Waals surface area contributed by atoms with Crippen LogP contribution in [0.2, 0.25) is 0 Å². The van der Waals surface area contributed by atoms with Crippen LogP contribution in [0.5, 0.6) is 5.75 Å². The number of aliphatic hydroxyl groups excluding tert-OH is 1. The summed E-state index contributed by atoms with van der Waals surface area (Å²) in [5.74, 6) is 0.731.